The van der Waals surface area contributed by atoms with Crippen LogP contribution in [-0.4, -0.2) is 59.6 Å². The third-order valence-corrected chi connectivity index (χ3v) is 5.76. The molecule has 2 unspecified atom stereocenters. The zero-order valence-corrected chi connectivity index (χ0v) is 15.5. The molecule has 29 heavy (non-hydrogen) atoms. The number of hydrogen-bond donors (Lipinski definition) is 2. The number of imide groups is 2. The summed E-state index contributed by atoms with van der Waals surface area (Å²) in [6.45, 7) is 0.368. The Kier molecular flexibility index (Phi) is 4.60. The van der Waals surface area contributed by atoms with E-state index in [1.807, 2.05) is 0 Å². The molecule has 0 bridgehead atoms. The molecule has 3 heterocycles. The molecule has 3 aliphatic heterocycles. The number of carbonyl (C=O) groups is 4. The van der Waals surface area contributed by atoms with Crippen molar-refractivity contribution in [1.82, 2.24) is 10.2 Å². The zero-order chi connectivity index (χ0) is 20.9. The van der Waals surface area contributed by atoms with Crippen molar-refractivity contribution in [1.29, 1.82) is 0 Å². The van der Waals surface area contributed by atoms with Crippen LogP contribution in [0, 0.1) is 0 Å². The highest BCUT2D eigenvalue weighted by atomic mass is 19.3. The van der Waals surface area contributed by atoms with E-state index in [4.69, 9.17) is 5.73 Å². The number of nitrogens with zero attached hydrogens (tertiary/aromatic N) is 2. The molecule has 4 amide bonds. The topological polar surface area (TPSA) is 113 Å². The molecule has 8 nitrogen and oxygen atoms in total. The standard InChI is InChI=1S/C19H20F2N4O4/c20-19(21)6-8-24(7-5-14(19)22)10-1-2-11-12(9-10)18(29)25(17(11)28)13-3-4-15(26)23-16(13)27/h1-2,9,13-14H,3-8,22H2,(H,23,26,27). The number of anilines is 1. The fourth-order valence-corrected chi connectivity index (χ4v) is 4.00. The van der Waals surface area contributed by atoms with Gasteiger partial charge in [-0.1, -0.05) is 0 Å². The number of carbonyl (C=O) groups excluding carboxylic acids is 4. The highest BCUT2D eigenvalue weighted by Crippen LogP contribution is 2.33. The Hall–Kier alpha value is -2.88. The van der Waals surface area contributed by atoms with Crippen molar-refractivity contribution in [3.63, 3.8) is 0 Å². The second-order valence-corrected chi connectivity index (χ2v) is 7.57. The SMILES string of the molecule is NC1CCN(c2ccc3c(c2)C(=O)N(C2CCC(=O)NC2=O)C3=O)CCC1(F)F. The lowest BCUT2D eigenvalue weighted by molar-refractivity contribution is -0.136. The normalized spacial score (nSPS) is 27.0. The van der Waals surface area contributed by atoms with Crippen LogP contribution in [0.1, 0.15) is 46.4 Å². The zero-order valence-electron chi connectivity index (χ0n) is 15.5. The molecule has 2 fully saturated rings. The summed E-state index contributed by atoms with van der Waals surface area (Å²) in [5.74, 6) is -5.31. The Balaban J connectivity index is 1.59. The third-order valence-electron chi connectivity index (χ3n) is 5.76. The summed E-state index contributed by atoms with van der Waals surface area (Å²) in [4.78, 5) is 51.6. The lowest BCUT2D eigenvalue weighted by Gasteiger charge is -2.27. The number of alkyl halides is 2. The molecule has 1 aromatic rings. The number of amides is 4. The number of nitrogens with two attached hydrogens (primary N) is 1. The number of fused-ring (bicyclic) bond motifs is 1. The molecular weight excluding hydrogens is 386 g/mol. The molecule has 4 rings (SSSR count). The van der Waals surface area contributed by atoms with Gasteiger partial charge in [0.25, 0.3) is 17.7 Å². The van der Waals surface area contributed by atoms with Crippen LogP contribution in [0.4, 0.5) is 14.5 Å². The van der Waals surface area contributed by atoms with Gasteiger partial charge < -0.3 is 10.6 Å². The van der Waals surface area contributed by atoms with E-state index in [-0.39, 0.29) is 36.9 Å². The largest absolute Gasteiger partial charge is 0.371 e. The predicted octanol–water partition coefficient (Wildman–Crippen LogP) is 0.651. The van der Waals surface area contributed by atoms with Gasteiger partial charge in [-0.2, -0.15) is 0 Å². The van der Waals surface area contributed by atoms with Crippen molar-refractivity contribution < 1.29 is 28.0 Å². The fourth-order valence-electron chi connectivity index (χ4n) is 4.00. The Labute approximate surface area is 165 Å². The number of benzene rings is 1. The van der Waals surface area contributed by atoms with E-state index in [0.717, 1.165) is 4.90 Å². The van der Waals surface area contributed by atoms with Crippen LogP contribution < -0.4 is 16.0 Å². The van der Waals surface area contributed by atoms with Gasteiger partial charge in [-0.05, 0) is 31.0 Å². The average molecular weight is 406 g/mol. The van der Waals surface area contributed by atoms with Gasteiger partial charge >= 0.3 is 0 Å². The maximum Gasteiger partial charge on any atom is 0.264 e. The second kappa shape index (κ2) is 6.87. The lowest BCUT2D eigenvalue weighted by Crippen LogP contribution is -2.54. The number of halogens is 2. The van der Waals surface area contributed by atoms with Crippen LogP contribution in [0.5, 0.6) is 0 Å². The van der Waals surface area contributed by atoms with Gasteiger partial charge in [-0.3, -0.25) is 29.4 Å². The van der Waals surface area contributed by atoms with Crippen LogP contribution >= 0.6 is 0 Å². The van der Waals surface area contributed by atoms with E-state index < -0.39 is 48.1 Å². The molecule has 3 N–H and O–H groups in total. The summed E-state index contributed by atoms with van der Waals surface area (Å²) in [5.41, 5.74) is 6.38. The molecule has 1 aromatic carbocycles. The van der Waals surface area contributed by atoms with E-state index in [0.29, 0.717) is 12.2 Å². The third kappa shape index (κ3) is 3.27. The summed E-state index contributed by atoms with van der Waals surface area (Å²) in [7, 11) is 0. The van der Waals surface area contributed by atoms with Gasteiger partial charge in [0, 0.05) is 31.6 Å². The first-order valence-corrected chi connectivity index (χ1v) is 9.43. The van der Waals surface area contributed by atoms with Gasteiger partial charge in [-0.25, -0.2) is 8.78 Å². The van der Waals surface area contributed by atoms with Crippen molar-refractivity contribution in [2.75, 3.05) is 18.0 Å². The van der Waals surface area contributed by atoms with Crippen LogP contribution in [0.15, 0.2) is 18.2 Å². The Morgan fingerprint density at radius 1 is 1.03 bits per heavy atom. The minimum atomic E-state index is -2.96. The van der Waals surface area contributed by atoms with E-state index in [2.05, 4.69) is 5.32 Å². The molecule has 2 atom stereocenters. The smallest absolute Gasteiger partial charge is 0.264 e. The minimum Gasteiger partial charge on any atom is -0.371 e. The van der Waals surface area contributed by atoms with Gasteiger partial charge in [0.15, 0.2) is 0 Å². The average Bonchev–Trinajstić information content (AvgIpc) is 2.82. The van der Waals surface area contributed by atoms with Gasteiger partial charge in [-0.15, -0.1) is 0 Å². The van der Waals surface area contributed by atoms with Crippen molar-refractivity contribution in [2.24, 2.45) is 5.73 Å². The van der Waals surface area contributed by atoms with Gasteiger partial charge in [0.05, 0.1) is 17.2 Å². The quantitative estimate of drug-likeness (QED) is 0.698. The van der Waals surface area contributed by atoms with Crippen LogP contribution in [0.25, 0.3) is 0 Å². The van der Waals surface area contributed by atoms with Crippen molar-refractivity contribution in [3.05, 3.63) is 29.3 Å². The van der Waals surface area contributed by atoms with Crippen molar-refractivity contribution in [2.45, 2.75) is 43.7 Å². The van der Waals surface area contributed by atoms with Crippen molar-refractivity contribution in [3.8, 4) is 0 Å². The van der Waals surface area contributed by atoms with Crippen LogP contribution in [0.3, 0.4) is 0 Å². The van der Waals surface area contributed by atoms with E-state index in [1.54, 1.807) is 11.0 Å². The molecular formula is C19H20F2N4O4. The summed E-state index contributed by atoms with van der Waals surface area (Å²) < 4.78 is 27.8. The molecule has 0 radical (unpaired) electrons. The molecule has 0 aliphatic carbocycles. The molecule has 10 heteroatoms. The van der Waals surface area contributed by atoms with Gasteiger partial charge in [0.2, 0.25) is 11.8 Å². The highest BCUT2D eigenvalue weighted by Gasteiger charge is 2.45. The van der Waals surface area contributed by atoms with E-state index >= 15 is 0 Å². The number of rotatable bonds is 2. The first kappa shape index (κ1) is 19.4. The number of nitrogens with one attached hydrogen (secondary N) is 1. The maximum absolute atomic E-state index is 13.9. The first-order chi connectivity index (χ1) is 13.7. The first-order valence-electron chi connectivity index (χ1n) is 9.43. The molecule has 2 saturated heterocycles. The number of hydrogen-bond acceptors (Lipinski definition) is 6. The Morgan fingerprint density at radius 3 is 2.48 bits per heavy atom. The highest BCUT2D eigenvalue weighted by molar-refractivity contribution is 6.23. The fraction of sp³-hybridized carbons (Fsp3) is 0.474. The van der Waals surface area contributed by atoms with Crippen LogP contribution in [-0.2, 0) is 9.59 Å². The molecule has 0 saturated carbocycles. The van der Waals surface area contributed by atoms with E-state index in [1.165, 1.54) is 12.1 Å². The van der Waals surface area contributed by atoms with Gasteiger partial charge in [0.1, 0.15) is 6.04 Å². The molecule has 0 aromatic heterocycles. The lowest BCUT2D eigenvalue weighted by atomic mass is 10.0. The maximum atomic E-state index is 13.9. The summed E-state index contributed by atoms with van der Waals surface area (Å²) in [6.07, 6.45) is -0.195. The molecule has 154 valence electrons. The monoisotopic (exact) mass is 406 g/mol. The molecule has 0 spiro atoms. The summed E-state index contributed by atoms with van der Waals surface area (Å²) >= 11 is 0. The molecule has 3 aliphatic rings. The summed E-state index contributed by atoms with van der Waals surface area (Å²) in [6, 6.07) is 2.30. The second-order valence-electron chi connectivity index (χ2n) is 7.57. The van der Waals surface area contributed by atoms with Crippen molar-refractivity contribution >= 4 is 29.3 Å². The predicted molar refractivity (Wildman–Crippen MR) is 97.5 cm³/mol. The Bertz CT molecular complexity index is 919. The number of piperidine rings is 1. The van der Waals surface area contributed by atoms with E-state index in [9.17, 15) is 28.0 Å². The minimum absolute atomic E-state index is 0.0390. The Morgan fingerprint density at radius 2 is 1.76 bits per heavy atom. The van der Waals surface area contributed by atoms with Crippen LogP contribution in [0.2, 0.25) is 0 Å². The summed E-state index contributed by atoms with van der Waals surface area (Å²) in [5, 5.41) is 2.14.